The Balaban J connectivity index is 2.00. The Kier molecular flexibility index (Phi) is 4.65. The summed E-state index contributed by atoms with van der Waals surface area (Å²) in [5.74, 6) is 0.740. The van der Waals surface area contributed by atoms with Gasteiger partial charge in [-0.2, -0.15) is 0 Å². The number of piperidine rings is 1. The highest BCUT2D eigenvalue weighted by molar-refractivity contribution is 5.95. The summed E-state index contributed by atoms with van der Waals surface area (Å²) in [7, 11) is 0. The van der Waals surface area contributed by atoms with Crippen molar-refractivity contribution in [1.29, 1.82) is 0 Å². The third-order valence-electron chi connectivity index (χ3n) is 4.12. The second-order valence-corrected chi connectivity index (χ2v) is 5.98. The van der Waals surface area contributed by atoms with Crippen molar-refractivity contribution in [1.82, 2.24) is 4.90 Å². The van der Waals surface area contributed by atoms with Gasteiger partial charge < -0.3 is 11.1 Å². The molecule has 0 saturated carbocycles. The van der Waals surface area contributed by atoms with Crippen molar-refractivity contribution in [2.24, 2.45) is 5.92 Å². The van der Waals surface area contributed by atoms with Crippen molar-refractivity contribution in [2.45, 2.75) is 39.7 Å². The molecule has 3 N–H and O–H groups in total. The number of nitrogens with two attached hydrogens (primary N) is 1. The lowest BCUT2D eigenvalue weighted by atomic mass is 9.99. The summed E-state index contributed by atoms with van der Waals surface area (Å²) in [5.41, 5.74) is 8.30. The van der Waals surface area contributed by atoms with E-state index in [1.165, 1.54) is 12.8 Å². The molecule has 1 aliphatic rings. The van der Waals surface area contributed by atoms with Gasteiger partial charge in [0.25, 0.3) is 0 Å². The lowest BCUT2D eigenvalue weighted by Crippen LogP contribution is -2.46. The monoisotopic (exact) mass is 275 g/mol. The van der Waals surface area contributed by atoms with Gasteiger partial charge in [0.1, 0.15) is 0 Å². The van der Waals surface area contributed by atoms with Gasteiger partial charge in [0, 0.05) is 17.9 Å². The van der Waals surface area contributed by atoms with E-state index < -0.39 is 0 Å². The SMILES string of the molecule is Cc1cc(N)ccc1NC(=O)C(C)N1CCCC(C)C1. The maximum absolute atomic E-state index is 12.4. The molecule has 4 heteroatoms. The molecule has 4 nitrogen and oxygen atoms in total. The van der Waals surface area contributed by atoms with Gasteiger partial charge >= 0.3 is 0 Å². The quantitative estimate of drug-likeness (QED) is 0.834. The van der Waals surface area contributed by atoms with Crippen molar-refractivity contribution in [2.75, 3.05) is 24.1 Å². The van der Waals surface area contributed by atoms with Gasteiger partial charge in [0.2, 0.25) is 5.91 Å². The third kappa shape index (κ3) is 3.51. The summed E-state index contributed by atoms with van der Waals surface area (Å²) in [5, 5.41) is 3.01. The van der Waals surface area contributed by atoms with E-state index in [4.69, 9.17) is 5.73 Å². The number of aryl methyl sites for hydroxylation is 1. The Morgan fingerprint density at radius 3 is 2.90 bits per heavy atom. The molecule has 1 fully saturated rings. The minimum Gasteiger partial charge on any atom is -0.399 e. The first-order valence-electron chi connectivity index (χ1n) is 7.38. The first-order valence-corrected chi connectivity index (χ1v) is 7.38. The van der Waals surface area contributed by atoms with Gasteiger partial charge in [0.15, 0.2) is 0 Å². The molecule has 1 aromatic carbocycles. The summed E-state index contributed by atoms with van der Waals surface area (Å²) in [6.45, 7) is 8.22. The Labute approximate surface area is 121 Å². The largest absolute Gasteiger partial charge is 0.399 e. The maximum Gasteiger partial charge on any atom is 0.241 e. The van der Waals surface area contributed by atoms with Crippen LogP contribution in [0.2, 0.25) is 0 Å². The first-order chi connectivity index (χ1) is 9.47. The topological polar surface area (TPSA) is 58.4 Å². The van der Waals surface area contributed by atoms with Gasteiger partial charge in [-0.05, 0) is 62.9 Å². The second-order valence-electron chi connectivity index (χ2n) is 5.98. The molecule has 2 rings (SSSR count). The molecule has 2 unspecified atom stereocenters. The predicted octanol–water partition coefficient (Wildman–Crippen LogP) is 2.64. The summed E-state index contributed by atoms with van der Waals surface area (Å²) < 4.78 is 0. The Morgan fingerprint density at radius 1 is 1.50 bits per heavy atom. The Bertz CT molecular complexity index is 487. The van der Waals surface area contributed by atoms with Crippen LogP contribution in [0.4, 0.5) is 11.4 Å². The molecule has 1 aromatic rings. The van der Waals surface area contributed by atoms with E-state index >= 15 is 0 Å². The first kappa shape index (κ1) is 14.9. The number of nitrogen functional groups attached to an aromatic ring is 1. The number of carbonyl (C=O) groups excluding carboxylic acids is 1. The number of carbonyl (C=O) groups is 1. The molecule has 1 saturated heterocycles. The summed E-state index contributed by atoms with van der Waals surface area (Å²) in [6.07, 6.45) is 2.45. The molecule has 0 aliphatic carbocycles. The molecule has 1 aliphatic heterocycles. The van der Waals surface area contributed by atoms with Crippen LogP contribution in [0.3, 0.4) is 0 Å². The number of rotatable bonds is 3. The number of amides is 1. The number of benzene rings is 1. The molecule has 0 bridgehead atoms. The second kappa shape index (κ2) is 6.27. The number of anilines is 2. The average Bonchev–Trinajstić information content (AvgIpc) is 2.41. The van der Waals surface area contributed by atoms with Crippen LogP contribution in [0.15, 0.2) is 18.2 Å². The van der Waals surface area contributed by atoms with Crippen LogP contribution in [0, 0.1) is 12.8 Å². The van der Waals surface area contributed by atoms with E-state index in [-0.39, 0.29) is 11.9 Å². The summed E-state index contributed by atoms with van der Waals surface area (Å²) in [6, 6.07) is 5.47. The molecule has 1 heterocycles. The molecular formula is C16H25N3O. The zero-order valence-corrected chi connectivity index (χ0v) is 12.6. The smallest absolute Gasteiger partial charge is 0.241 e. The zero-order valence-electron chi connectivity index (χ0n) is 12.6. The van der Waals surface area contributed by atoms with E-state index in [2.05, 4.69) is 17.1 Å². The van der Waals surface area contributed by atoms with Crippen molar-refractivity contribution >= 4 is 17.3 Å². The molecule has 20 heavy (non-hydrogen) atoms. The van der Waals surface area contributed by atoms with E-state index in [0.29, 0.717) is 5.92 Å². The van der Waals surface area contributed by atoms with Crippen LogP contribution in [-0.2, 0) is 4.79 Å². The number of hydrogen-bond donors (Lipinski definition) is 2. The number of nitrogens with one attached hydrogen (secondary N) is 1. The van der Waals surface area contributed by atoms with Gasteiger partial charge in [0.05, 0.1) is 6.04 Å². The third-order valence-corrected chi connectivity index (χ3v) is 4.12. The minimum absolute atomic E-state index is 0.0620. The lowest BCUT2D eigenvalue weighted by molar-refractivity contribution is -0.121. The summed E-state index contributed by atoms with van der Waals surface area (Å²) >= 11 is 0. The predicted molar refractivity (Wildman–Crippen MR) is 83.7 cm³/mol. The lowest BCUT2D eigenvalue weighted by Gasteiger charge is -2.34. The molecular weight excluding hydrogens is 250 g/mol. The fourth-order valence-electron chi connectivity index (χ4n) is 2.81. The number of likely N-dealkylation sites (tertiary alicyclic amines) is 1. The van der Waals surface area contributed by atoms with Gasteiger partial charge in [-0.25, -0.2) is 0 Å². The summed E-state index contributed by atoms with van der Waals surface area (Å²) in [4.78, 5) is 14.6. The Morgan fingerprint density at radius 2 is 2.25 bits per heavy atom. The van der Waals surface area contributed by atoms with Crippen LogP contribution in [0.1, 0.15) is 32.3 Å². The van der Waals surface area contributed by atoms with Crippen LogP contribution in [-0.4, -0.2) is 29.9 Å². The zero-order chi connectivity index (χ0) is 14.7. The van der Waals surface area contributed by atoms with Crippen LogP contribution in [0.25, 0.3) is 0 Å². The van der Waals surface area contributed by atoms with E-state index in [1.807, 2.05) is 32.0 Å². The highest BCUT2D eigenvalue weighted by Gasteiger charge is 2.25. The van der Waals surface area contributed by atoms with Gasteiger partial charge in [-0.15, -0.1) is 0 Å². The fraction of sp³-hybridized carbons (Fsp3) is 0.562. The standard InChI is InChI=1S/C16H25N3O/c1-11-5-4-8-19(10-11)13(3)16(20)18-15-7-6-14(17)9-12(15)2/h6-7,9,11,13H,4-5,8,10,17H2,1-3H3,(H,18,20). The van der Waals surface area contributed by atoms with Crippen molar-refractivity contribution in [3.05, 3.63) is 23.8 Å². The van der Waals surface area contributed by atoms with E-state index in [9.17, 15) is 4.79 Å². The van der Waals surface area contributed by atoms with E-state index in [1.54, 1.807) is 0 Å². The number of hydrogen-bond acceptors (Lipinski definition) is 3. The Hall–Kier alpha value is -1.55. The minimum atomic E-state index is -0.0882. The molecule has 0 aromatic heterocycles. The average molecular weight is 275 g/mol. The fourth-order valence-corrected chi connectivity index (χ4v) is 2.81. The molecule has 1 amide bonds. The highest BCUT2D eigenvalue weighted by atomic mass is 16.2. The van der Waals surface area contributed by atoms with E-state index in [0.717, 1.165) is 30.0 Å². The van der Waals surface area contributed by atoms with Crippen molar-refractivity contribution < 1.29 is 4.79 Å². The molecule has 2 atom stereocenters. The maximum atomic E-state index is 12.4. The highest BCUT2D eigenvalue weighted by Crippen LogP contribution is 2.20. The number of nitrogens with zero attached hydrogens (tertiary/aromatic N) is 1. The molecule has 110 valence electrons. The van der Waals surface area contributed by atoms with Crippen LogP contribution >= 0.6 is 0 Å². The van der Waals surface area contributed by atoms with Gasteiger partial charge in [-0.3, -0.25) is 9.69 Å². The molecule has 0 spiro atoms. The normalized spacial score (nSPS) is 21.4. The van der Waals surface area contributed by atoms with Crippen molar-refractivity contribution in [3.63, 3.8) is 0 Å². The van der Waals surface area contributed by atoms with Crippen molar-refractivity contribution in [3.8, 4) is 0 Å². The molecule has 0 radical (unpaired) electrons. The van der Waals surface area contributed by atoms with Crippen LogP contribution < -0.4 is 11.1 Å². The van der Waals surface area contributed by atoms with Crippen LogP contribution in [0.5, 0.6) is 0 Å². The van der Waals surface area contributed by atoms with Gasteiger partial charge in [-0.1, -0.05) is 6.92 Å².